The summed E-state index contributed by atoms with van der Waals surface area (Å²) in [6, 6.07) is 1.55. The molecule has 0 bridgehead atoms. The van der Waals surface area contributed by atoms with Gasteiger partial charge in [0, 0.05) is 6.54 Å². The Hall–Kier alpha value is -1.78. The average molecular weight is 239 g/mol. The van der Waals surface area contributed by atoms with Crippen molar-refractivity contribution in [3.8, 4) is 0 Å². The highest BCUT2D eigenvalue weighted by atomic mass is 16.4. The first-order valence-corrected chi connectivity index (χ1v) is 5.41. The minimum atomic E-state index is -1.24. The van der Waals surface area contributed by atoms with Gasteiger partial charge in [0.05, 0.1) is 11.8 Å². The van der Waals surface area contributed by atoms with Gasteiger partial charge in [-0.3, -0.25) is 4.79 Å². The molecule has 5 heteroatoms. The molecular weight excluding hydrogens is 222 g/mol. The van der Waals surface area contributed by atoms with E-state index in [9.17, 15) is 9.59 Å². The van der Waals surface area contributed by atoms with Crippen molar-refractivity contribution < 1.29 is 19.1 Å². The maximum Gasteiger partial charge on any atom is 0.329 e. The first-order chi connectivity index (χ1) is 7.82. The van der Waals surface area contributed by atoms with Crippen molar-refractivity contribution in [1.82, 2.24) is 4.90 Å². The molecule has 1 rings (SSSR count). The van der Waals surface area contributed by atoms with Crippen LogP contribution in [0.2, 0.25) is 0 Å². The fourth-order valence-corrected chi connectivity index (χ4v) is 1.66. The van der Waals surface area contributed by atoms with E-state index < -0.39 is 11.5 Å². The predicted octanol–water partition coefficient (Wildman–Crippen LogP) is 1.91. The molecule has 0 saturated carbocycles. The van der Waals surface area contributed by atoms with Crippen LogP contribution in [0.25, 0.3) is 0 Å². The van der Waals surface area contributed by atoms with Crippen LogP contribution in [0.5, 0.6) is 0 Å². The highest BCUT2D eigenvalue weighted by Crippen LogP contribution is 2.20. The van der Waals surface area contributed by atoms with E-state index in [1.165, 1.54) is 25.0 Å². The molecular formula is C12H17NO4. The third-order valence-corrected chi connectivity index (χ3v) is 2.85. The first-order valence-electron chi connectivity index (χ1n) is 5.41. The first kappa shape index (κ1) is 13.3. The van der Waals surface area contributed by atoms with Crippen molar-refractivity contribution in [1.29, 1.82) is 0 Å². The maximum absolute atomic E-state index is 12.2. The highest BCUT2D eigenvalue weighted by molar-refractivity contribution is 5.98. The van der Waals surface area contributed by atoms with Gasteiger partial charge in [0.15, 0.2) is 0 Å². The number of carbonyl (C=O) groups excluding carboxylic acids is 1. The zero-order chi connectivity index (χ0) is 13.2. The van der Waals surface area contributed by atoms with Crippen LogP contribution in [-0.2, 0) is 4.79 Å². The molecule has 0 saturated heterocycles. The molecule has 0 aliphatic heterocycles. The second-order valence-electron chi connectivity index (χ2n) is 4.30. The van der Waals surface area contributed by atoms with Crippen molar-refractivity contribution in [3.63, 3.8) is 0 Å². The SMILES string of the molecule is CCN(C(=O)c1ccoc1C)C(C)(C)C(=O)O. The maximum atomic E-state index is 12.2. The van der Waals surface area contributed by atoms with Crippen molar-refractivity contribution in [2.75, 3.05) is 6.54 Å². The number of carbonyl (C=O) groups is 2. The Bertz CT molecular complexity index is 433. The molecule has 5 nitrogen and oxygen atoms in total. The summed E-state index contributed by atoms with van der Waals surface area (Å²) in [5.74, 6) is -0.866. The monoisotopic (exact) mass is 239 g/mol. The largest absolute Gasteiger partial charge is 0.480 e. The average Bonchev–Trinajstić information content (AvgIpc) is 2.64. The van der Waals surface area contributed by atoms with Gasteiger partial charge in [-0.05, 0) is 33.8 Å². The van der Waals surface area contributed by atoms with Gasteiger partial charge in [-0.2, -0.15) is 0 Å². The second kappa shape index (κ2) is 4.61. The quantitative estimate of drug-likeness (QED) is 0.871. The lowest BCUT2D eigenvalue weighted by atomic mass is 10.0. The molecule has 1 heterocycles. The molecule has 1 aromatic rings. The number of hydrogen-bond acceptors (Lipinski definition) is 3. The molecule has 0 aliphatic rings. The van der Waals surface area contributed by atoms with Crippen molar-refractivity contribution in [2.45, 2.75) is 33.2 Å². The Morgan fingerprint density at radius 3 is 2.41 bits per heavy atom. The van der Waals surface area contributed by atoms with Gasteiger partial charge >= 0.3 is 5.97 Å². The Kier molecular flexibility index (Phi) is 3.60. The van der Waals surface area contributed by atoms with Crippen LogP contribution in [0.3, 0.4) is 0 Å². The summed E-state index contributed by atoms with van der Waals surface area (Å²) in [5, 5.41) is 9.14. The van der Waals surface area contributed by atoms with Crippen LogP contribution in [-0.4, -0.2) is 34.0 Å². The number of rotatable bonds is 4. The smallest absolute Gasteiger partial charge is 0.329 e. The zero-order valence-electron chi connectivity index (χ0n) is 10.5. The number of carboxylic acid groups (broad SMARTS) is 1. The summed E-state index contributed by atoms with van der Waals surface area (Å²) in [6.45, 7) is 6.76. The summed E-state index contributed by atoms with van der Waals surface area (Å²) >= 11 is 0. The van der Waals surface area contributed by atoms with Crippen LogP contribution in [0, 0.1) is 6.92 Å². The zero-order valence-corrected chi connectivity index (χ0v) is 10.5. The molecule has 1 N–H and O–H groups in total. The Labute approximate surface area is 100 Å². The standard InChI is InChI=1S/C12H17NO4/c1-5-13(12(3,4)11(15)16)10(14)9-6-7-17-8(9)2/h6-7H,5H2,1-4H3,(H,15,16). The molecule has 1 amide bonds. The number of aliphatic carboxylic acids is 1. The minimum Gasteiger partial charge on any atom is -0.480 e. The van der Waals surface area contributed by atoms with Crippen LogP contribution in [0.15, 0.2) is 16.7 Å². The summed E-state index contributed by atoms with van der Waals surface area (Å²) in [6.07, 6.45) is 1.42. The lowest BCUT2D eigenvalue weighted by Crippen LogP contribution is -2.52. The molecule has 0 unspecified atom stereocenters. The third-order valence-electron chi connectivity index (χ3n) is 2.85. The molecule has 94 valence electrons. The molecule has 0 fully saturated rings. The van der Waals surface area contributed by atoms with Gasteiger partial charge < -0.3 is 14.4 Å². The lowest BCUT2D eigenvalue weighted by molar-refractivity contribution is -0.147. The molecule has 1 aromatic heterocycles. The van der Waals surface area contributed by atoms with E-state index in [0.717, 1.165) is 0 Å². The van der Waals surface area contributed by atoms with Gasteiger partial charge in [0.2, 0.25) is 0 Å². The molecule has 0 atom stereocenters. The van der Waals surface area contributed by atoms with Crippen LogP contribution in [0.1, 0.15) is 36.9 Å². The van der Waals surface area contributed by atoms with Crippen LogP contribution in [0.4, 0.5) is 0 Å². The predicted molar refractivity (Wildman–Crippen MR) is 61.9 cm³/mol. The van der Waals surface area contributed by atoms with E-state index in [2.05, 4.69) is 0 Å². The number of amides is 1. The van der Waals surface area contributed by atoms with E-state index >= 15 is 0 Å². The molecule has 17 heavy (non-hydrogen) atoms. The van der Waals surface area contributed by atoms with Crippen LogP contribution < -0.4 is 0 Å². The van der Waals surface area contributed by atoms with Gasteiger partial charge in [0.1, 0.15) is 11.3 Å². The van der Waals surface area contributed by atoms with Crippen molar-refractivity contribution >= 4 is 11.9 Å². The number of nitrogens with zero attached hydrogens (tertiary/aromatic N) is 1. The number of aryl methyl sites for hydroxylation is 1. The van der Waals surface area contributed by atoms with E-state index in [1.54, 1.807) is 19.9 Å². The summed E-state index contributed by atoms with van der Waals surface area (Å²) in [5.41, 5.74) is -0.837. The Morgan fingerprint density at radius 1 is 1.47 bits per heavy atom. The normalized spacial score (nSPS) is 11.3. The topological polar surface area (TPSA) is 70.8 Å². The van der Waals surface area contributed by atoms with Crippen LogP contribution >= 0.6 is 0 Å². The fraction of sp³-hybridized carbons (Fsp3) is 0.500. The lowest BCUT2D eigenvalue weighted by Gasteiger charge is -2.34. The molecule has 0 spiro atoms. The summed E-state index contributed by atoms with van der Waals surface area (Å²) in [7, 11) is 0. The third kappa shape index (κ3) is 2.33. The summed E-state index contributed by atoms with van der Waals surface area (Å²) < 4.78 is 5.06. The van der Waals surface area contributed by atoms with Gasteiger partial charge in [0.25, 0.3) is 5.91 Å². The fourth-order valence-electron chi connectivity index (χ4n) is 1.66. The van der Waals surface area contributed by atoms with E-state index in [0.29, 0.717) is 17.9 Å². The molecule has 0 radical (unpaired) electrons. The second-order valence-corrected chi connectivity index (χ2v) is 4.30. The van der Waals surface area contributed by atoms with E-state index in [1.807, 2.05) is 0 Å². The summed E-state index contributed by atoms with van der Waals surface area (Å²) in [4.78, 5) is 24.7. The van der Waals surface area contributed by atoms with E-state index in [4.69, 9.17) is 9.52 Å². The Balaban J connectivity index is 3.09. The number of likely N-dealkylation sites (N-methyl/N-ethyl adjacent to an activating group) is 1. The minimum absolute atomic E-state index is 0.322. The van der Waals surface area contributed by atoms with Crippen molar-refractivity contribution in [2.24, 2.45) is 0 Å². The number of carboxylic acids is 1. The van der Waals surface area contributed by atoms with Gasteiger partial charge in [-0.25, -0.2) is 4.79 Å². The van der Waals surface area contributed by atoms with Gasteiger partial charge in [-0.15, -0.1) is 0 Å². The Morgan fingerprint density at radius 2 is 2.06 bits per heavy atom. The number of hydrogen-bond donors (Lipinski definition) is 1. The van der Waals surface area contributed by atoms with Crippen molar-refractivity contribution in [3.05, 3.63) is 23.7 Å². The van der Waals surface area contributed by atoms with E-state index in [-0.39, 0.29) is 5.91 Å². The molecule has 0 aliphatic carbocycles. The molecule has 0 aromatic carbocycles. The van der Waals surface area contributed by atoms with Gasteiger partial charge in [-0.1, -0.05) is 0 Å². The highest BCUT2D eigenvalue weighted by Gasteiger charge is 2.37. The number of furan rings is 1.